The largest absolute Gasteiger partial charge is 0.493 e. The number of rotatable bonds is 7. The third-order valence-electron chi connectivity index (χ3n) is 4.11. The molecule has 7 nitrogen and oxygen atoms in total. The van der Waals surface area contributed by atoms with Crippen molar-refractivity contribution in [2.24, 2.45) is 0 Å². The van der Waals surface area contributed by atoms with Crippen LogP contribution in [-0.4, -0.2) is 32.1 Å². The monoisotopic (exact) mass is 394 g/mol. The Morgan fingerprint density at radius 3 is 2.21 bits per heavy atom. The number of fused-ring (bicyclic) bond motifs is 1. The summed E-state index contributed by atoms with van der Waals surface area (Å²) in [6.45, 7) is 1.42. The van der Waals surface area contributed by atoms with Crippen molar-refractivity contribution in [2.45, 2.75) is 6.92 Å². The molecule has 0 aliphatic heterocycles. The van der Waals surface area contributed by atoms with E-state index in [4.69, 9.17) is 14.2 Å². The van der Waals surface area contributed by atoms with Crippen molar-refractivity contribution >= 4 is 22.6 Å². The Bertz CT molecular complexity index is 1020. The van der Waals surface area contributed by atoms with Crippen molar-refractivity contribution in [3.8, 4) is 17.2 Å². The van der Waals surface area contributed by atoms with Gasteiger partial charge in [-0.2, -0.15) is 0 Å². The molecular weight excluding hydrogens is 372 g/mol. The van der Waals surface area contributed by atoms with Gasteiger partial charge in [0, 0.05) is 0 Å². The molecule has 0 saturated carbocycles. The molecule has 0 unspecified atom stereocenters. The predicted molar refractivity (Wildman–Crippen MR) is 109 cm³/mol. The Balaban J connectivity index is 1.42. The second-order valence-corrected chi connectivity index (χ2v) is 6.34. The molecule has 0 aliphatic rings. The molecule has 0 heterocycles. The molecule has 0 atom stereocenters. The Labute approximate surface area is 168 Å². The van der Waals surface area contributed by atoms with E-state index in [2.05, 4.69) is 10.9 Å². The lowest BCUT2D eigenvalue weighted by Gasteiger charge is -2.12. The average molecular weight is 394 g/mol. The van der Waals surface area contributed by atoms with Crippen molar-refractivity contribution in [3.63, 3.8) is 0 Å². The minimum Gasteiger partial charge on any atom is -0.493 e. The van der Waals surface area contributed by atoms with Gasteiger partial charge < -0.3 is 14.2 Å². The van der Waals surface area contributed by atoms with E-state index in [1.807, 2.05) is 49.4 Å². The van der Waals surface area contributed by atoms with E-state index >= 15 is 0 Å². The number of ether oxygens (including phenoxy) is 3. The molecule has 3 rings (SSSR count). The first-order chi connectivity index (χ1) is 14.0. The number of methoxy groups -OCH3 is 1. The summed E-state index contributed by atoms with van der Waals surface area (Å²) in [4.78, 5) is 23.8. The van der Waals surface area contributed by atoms with E-state index in [9.17, 15) is 9.59 Å². The normalized spacial score (nSPS) is 10.3. The van der Waals surface area contributed by atoms with Crippen LogP contribution in [-0.2, 0) is 9.59 Å². The highest BCUT2D eigenvalue weighted by Gasteiger charge is 2.09. The molecule has 0 saturated heterocycles. The summed E-state index contributed by atoms with van der Waals surface area (Å²) >= 11 is 0. The lowest BCUT2D eigenvalue weighted by atomic mass is 10.1. The fourth-order valence-corrected chi connectivity index (χ4v) is 2.66. The summed E-state index contributed by atoms with van der Waals surface area (Å²) in [5, 5.41) is 2.10. The summed E-state index contributed by atoms with van der Waals surface area (Å²) in [6.07, 6.45) is 0. The number of benzene rings is 3. The van der Waals surface area contributed by atoms with Gasteiger partial charge in [0.15, 0.2) is 24.7 Å². The minimum atomic E-state index is -0.508. The van der Waals surface area contributed by atoms with E-state index in [1.54, 1.807) is 18.2 Å². The molecule has 3 aromatic carbocycles. The van der Waals surface area contributed by atoms with E-state index in [-0.39, 0.29) is 13.2 Å². The molecule has 3 aromatic rings. The van der Waals surface area contributed by atoms with Crippen molar-refractivity contribution < 1.29 is 23.8 Å². The molecular formula is C22H22N2O5. The van der Waals surface area contributed by atoms with Crippen LogP contribution in [0.1, 0.15) is 5.56 Å². The second-order valence-electron chi connectivity index (χ2n) is 6.34. The zero-order chi connectivity index (χ0) is 20.6. The average Bonchev–Trinajstić information content (AvgIpc) is 2.75. The smallest absolute Gasteiger partial charge is 0.276 e. The molecule has 2 amide bonds. The van der Waals surface area contributed by atoms with E-state index in [0.29, 0.717) is 17.2 Å². The number of amides is 2. The highest BCUT2D eigenvalue weighted by molar-refractivity contribution is 5.85. The molecule has 29 heavy (non-hydrogen) atoms. The number of aryl methyl sites for hydroxylation is 1. The van der Waals surface area contributed by atoms with Gasteiger partial charge in [0.1, 0.15) is 5.75 Å². The zero-order valence-corrected chi connectivity index (χ0v) is 16.2. The first-order valence-corrected chi connectivity index (χ1v) is 9.02. The van der Waals surface area contributed by atoms with Crippen molar-refractivity contribution in [1.29, 1.82) is 0 Å². The summed E-state index contributed by atoms with van der Waals surface area (Å²) in [7, 11) is 1.53. The fraction of sp³-hybridized carbons (Fsp3) is 0.182. The SMILES string of the molecule is COc1cc(C)ccc1OCC(=O)NNC(=O)COc1ccc2ccccc2c1. The van der Waals surface area contributed by atoms with Crippen LogP contribution < -0.4 is 25.1 Å². The van der Waals surface area contributed by atoms with Crippen molar-refractivity contribution in [3.05, 3.63) is 66.2 Å². The third-order valence-corrected chi connectivity index (χ3v) is 4.11. The maximum Gasteiger partial charge on any atom is 0.276 e. The van der Waals surface area contributed by atoms with Gasteiger partial charge in [-0.3, -0.25) is 20.4 Å². The van der Waals surface area contributed by atoms with Crippen LogP contribution in [0.3, 0.4) is 0 Å². The molecule has 0 aromatic heterocycles. The number of carbonyl (C=O) groups is 2. The summed E-state index contributed by atoms with van der Waals surface area (Å²) in [6, 6.07) is 18.8. The lowest BCUT2D eigenvalue weighted by Crippen LogP contribution is -2.45. The second kappa shape index (κ2) is 9.45. The van der Waals surface area contributed by atoms with Gasteiger partial charge in [0.2, 0.25) is 0 Å². The number of hydrazine groups is 1. The molecule has 0 bridgehead atoms. The van der Waals surface area contributed by atoms with E-state index < -0.39 is 11.8 Å². The summed E-state index contributed by atoms with van der Waals surface area (Å²) in [5.74, 6) is 0.552. The number of nitrogens with one attached hydrogen (secondary N) is 2. The van der Waals surface area contributed by atoms with Crippen LogP contribution in [0.4, 0.5) is 0 Å². The molecule has 0 aliphatic carbocycles. The van der Waals surface area contributed by atoms with Crippen molar-refractivity contribution in [1.82, 2.24) is 10.9 Å². The molecule has 0 radical (unpaired) electrons. The molecule has 0 fully saturated rings. The molecule has 150 valence electrons. The van der Waals surface area contributed by atoms with Crippen LogP contribution in [0.2, 0.25) is 0 Å². The maximum atomic E-state index is 11.9. The third kappa shape index (κ3) is 5.62. The molecule has 7 heteroatoms. The van der Waals surface area contributed by atoms with Crippen LogP contribution in [0.15, 0.2) is 60.7 Å². The van der Waals surface area contributed by atoms with Gasteiger partial charge in [0.25, 0.3) is 11.8 Å². The van der Waals surface area contributed by atoms with Crippen LogP contribution in [0, 0.1) is 6.92 Å². The van der Waals surface area contributed by atoms with Crippen molar-refractivity contribution in [2.75, 3.05) is 20.3 Å². The van der Waals surface area contributed by atoms with Crippen LogP contribution in [0.25, 0.3) is 10.8 Å². The summed E-state index contributed by atoms with van der Waals surface area (Å²) < 4.78 is 16.1. The quantitative estimate of drug-likeness (QED) is 0.602. The number of hydrogen-bond donors (Lipinski definition) is 2. The highest BCUT2D eigenvalue weighted by atomic mass is 16.5. The van der Waals surface area contributed by atoms with Gasteiger partial charge in [-0.05, 0) is 47.5 Å². The Morgan fingerprint density at radius 1 is 0.793 bits per heavy atom. The molecule has 2 N–H and O–H groups in total. The standard InChI is InChI=1S/C22H22N2O5/c1-15-7-10-19(20(11-15)27-2)29-14-22(26)24-23-21(25)13-28-18-9-8-16-5-3-4-6-17(16)12-18/h3-12H,13-14H2,1-2H3,(H,23,25)(H,24,26). The topological polar surface area (TPSA) is 85.9 Å². The first-order valence-electron chi connectivity index (χ1n) is 9.02. The van der Waals surface area contributed by atoms with E-state index in [1.165, 1.54) is 7.11 Å². The van der Waals surface area contributed by atoms with Crippen LogP contribution in [0.5, 0.6) is 17.2 Å². The Hall–Kier alpha value is -3.74. The predicted octanol–water partition coefficient (Wildman–Crippen LogP) is 2.76. The Morgan fingerprint density at radius 2 is 1.48 bits per heavy atom. The van der Waals surface area contributed by atoms with Gasteiger partial charge in [-0.1, -0.05) is 36.4 Å². The maximum absolute atomic E-state index is 11.9. The van der Waals surface area contributed by atoms with E-state index in [0.717, 1.165) is 16.3 Å². The first kappa shape index (κ1) is 20.0. The number of carbonyl (C=O) groups excluding carboxylic acids is 2. The zero-order valence-electron chi connectivity index (χ0n) is 16.2. The van der Waals surface area contributed by atoms with Crippen LogP contribution >= 0.6 is 0 Å². The van der Waals surface area contributed by atoms with Gasteiger partial charge >= 0.3 is 0 Å². The summed E-state index contributed by atoms with van der Waals surface area (Å²) in [5.41, 5.74) is 5.58. The number of hydrogen-bond acceptors (Lipinski definition) is 5. The van der Waals surface area contributed by atoms with Gasteiger partial charge in [-0.15, -0.1) is 0 Å². The van der Waals surface area contributed by atoms with Gasteiger partial charge in [-0.25, -0.2) is 0 Å². The van der Waals surface area contributed by atoms with Gasteiger partial charge in [0.05, 0.1) is 7.11 Å². The highest BCUT2D eigenvalue weighted by Crippen LogP contribution is 2.27. The lowest BCUT2D eigenvalue weighted by molar-refractivity contribution is -0.131. The fourth-order valence-electron chi connectivity index (χ4n) is 2.66. The molecule has 0 spiro atoms. The minimum absolute atomic E-state index is 0.231. The Kier molecular flexibility index (Phi) is 6.52.